The molecule has 2 N–H and O–H groups in total. The molecule has 0 atom stereocenters. The van der Waals surface area contributed by atoms with E-state index in [1.54, 1.807) is 0 Å². The van der Waals surface area contributed by atoms with E-state index in [1.807, 2.05) is 0 Å². The molecule has 104 valence electrons. The molecule has 0 spiro atoms. The molecule has 2 aliphatic rings. The summed E-state index contributed by atoms with van der Waals surface area (Å²) in [5.74, 6) is 0.837. The Balaban J connectivity index is 1.80. The Labute approximate surface area is 109 Å². The fraction of sp³-hybridized carbons (Fsp3) is 0.909. The van der Waals surface area contributed by atoms with Gasteiger partial charge >= 0.3 is 0 Å². The summed E-state index contributed by atoms with van der Waals surface area (Å²) in [7, 11) is -3.00. The van der Waals surface area contributed by atoms with Gasteiger partial charge in [0.2, 0.25) is 10.0 Å². The highest BCUT2D eigenvalue weighted by Crippen LogP contribution is 2.12. The number of hydrogen-bond acceptors (Lipinski definition) is 3. The molecule has 2 aliphatic heterocycles. The number of likely N-dealkylation sites (tertiary alicyclic amines) is 1. The van der Waals surface area contributed by atoms with Gasteiger partial charge in [0.15, 0.2) is 5.96 Å². The standard InChI is InChI=1S/C11H22N4O2S/c12-11(14-6-2-1-3-7-14)13-5-9-15-8-4-10-18(15,16)17/h1-10H2,(H2,12,13). The predicted octanol–water partition coefficient (Wildman–Crippen LogP) is -0.177. The van der Waals surface area contributed by atoms with Crippen molar-refractivity contribution in [2.24, 2.45) is 10.7 Å². The van der Waals surface area contributed by atoms with Gasteiger partial charge in [-0.25, -0.2) is 12.7 Å². The zero-order valence-corrected chi connectivity index (χ0v) is 11.5. The average Bonchev–Trinajstić information content (AvgIpc) is 2.70. The zero-order chi connectivity index (χ0) is 13.0. The van der Waals surface area contributed by atoms with E-state index < -0.39 is 10.0 Å². The maximum Gasteiger partial charge on any atom is 0.214 e. The molecule has 0 aromatic rings. The first-order valence-electron chi connectivity index (χ1n) is 6.62. The van der Waals surface area contributed by atoms with Crippen LogP contribution < -0.4 is 5.73 Å². The predicted molar refractivity (Wildman–Crippen MR) is 71.9 cm³/mol. The Morgan fingerprint density at radius 2 is 1.83 bits per heavy atom. The van der Waals surface area contributed by atoms with Crippen LogP contribution >= 0.6 is 0 Å². The van der Waals surface area contributed by atoms with E-state index in [2.05, 4.69) is 9.89 Å². The van der Waals surface area contributed by atoms with Gasteiger partial charge in [-0.15, -0.1) is 0 Å². The van der Waals surface area contributed by atoms with E-state index in [9.17, 15) is 8.42 Å². The topological polar surface area (TPSA) is 79.0 Å². The van der Waals surface area contributed by atoms with Gasteiger partial charge in [0, 0.05) is 26.2 Å². The summed E-state index contributed by atoms with van der Waals surface area (Å²) in [5.41, 5.74) is 5.91. The van der Waals surface area contributed by atoms with Crippen molar-refractivity contribution in [3.05, 3.63) is 0 Å². The van der Waals surface area contributed by atoms with Crippen LogP contribution in [0.25, 0.3) is 0 Å². The fourth-order valence-electron chi connectivity index (χ4n) is 2.44. The molecule has 7 heteroatoms. The monoisotopic (exact) mass is 274 g/mol. The molecule has 2 rings (SSSR count). The number of hydrogen-bond donors (Lipinski definition) is 1. The first-order chi connectivity index (χ1) is 8.59. The van der Waals surface area contributed by atoms with Gasteiger partial charge in [0.05, 0.1) is 12.3 Å². The molecule has 0 aromatic carbocycles. The van der Waals surface area contributed by atoms with Gasteiger partial charge in [-0.05, 0) is 25.7 Å². The van der Waals surface area contributed by atoms with E-state index in [0.29, 0.717) is 25.6 Å². The largest absolute Gasteiger partial charge is 0.370 e. The second-order valence-corrected chi connectivity index (χ2v) is 6.94. The summed E-state index contributed by atoms with van der Waals surface area (Å²) in [6, 6.07) is 0. The van der Waals surface area contributed by atoms with Crippen molar-refractivity contribution in [2.75, 3.05) is 38.5 Å². The summed E-state index contributed by atoms with van der Waals surface area (Å²) < 4.78 is 24.7. The summed E-state index contributed by atoms with van der Waals surface area (Å²) in [4.78, 5) is 6.38. The van der Waals surface area contributed by atoms with Gasteiger partial charge in [0.25, 0.3) is 0 Å². The van der Waals surface area contributed by atoms with Gasteiger partial charge in [-0.1, -0.05) is 0 Å². The van der Waals surface area contributed by atoms with E-state index in [0.717, 1.165) is 32.4 Å². The third-order valence-corrected chi connectivity index (χ3v) is 5.46. The first-order valence-corrected chi connectivity index (χ1v) is 8.23. The molecule has 0 radical (unpaired) electrons. The van der Waals surface area contributed by atoms with Crippen molar-refractivity contribution in [3.8, 4) is 0 Å². The van der Waals surface area contributed by atoms with Crippen LogP contribution in [0.4, 0.5) is 0 Å². The van der Waals surface area contributed by atoms with Gasteiger partial charge in [-0.3, -0.25) is 4.99 Å². The Kier molecular flexibility index (Phi) is 4.45. The van der Waals surface area contributed by atoms with Gasteiger partial charge in [0.1, 0.15) is 0 Å². The summed E-state index contributed by atoms with van der Waals surface area (Å²) in [6.45, 7) is 3.48. The molecule has 0 amide bonds. The van der Waals surface area contributed by atoms with Crippen LogP contribution in [0.3, 0.4) is 0 Å². The third-order valence-electron chi connectivity index (χ3n) is 3.51. The van der Waals surface area contributed by atoms with Crippen molar-refractivity contribution in [1.29, 1.82) is 0 Å². The van der Waals surface area contributed by atoms with Crippen molar-refractivity contribution in [1.82, 2.24) is 9.21 Å². The van der Waals surface area contributed by atoms with Crippen LogP contribution in [0, 0.1) is 0 Å². The van der Waals surface area contributed by atoms with Gasteiger partial charge in [-0.2, -0.15) is 0 Å². The number of guanidine groups is 1. The van der Waals surface area contributed by atoms with Crippen molar-refractivity contribution in [2.45, 2.75) is 25.7 Å². The number of aliphatic imine (C=N–C) groups is 1. The SMILES string of the molecule is NC(=NCCN1CCCS1(=O)=O)N1CCCCC1. The van der Waals surface area contributed by atoms with Crippen LogP contribution in [0.5, 0.6) is 0 Å². The Bertz CT molecular complexity index is 401. The van der Waals surface area contributed by atoms with Crippen LogP contribution in [-0.4, -0.2) is 62.1 Å². The lowest BCUT2D eigenvalue weighted by molar-refractivity contribution is 0.337. The van der Waals surface area contributed by atoms with Crippen LogP contribution in [0.1, 0.15) is 25.7 Å². The van der Waals surface area contributed by atoms with E-state index in [4.69, 9.17) is 5.73 Å². The summed E-state index contributed by atoms with van der Waals surface area (Å²) >= 11 is 0. The molecule has 0 aliphatic carbocycles. The van der Waals surface area contributed by atoms with Crippen molar-refractivity contribution in [3.63, 3.8) is 0 Å². The maximum atomic E-state index is 11.6. The lowest BCUT2D eigenvalue weighted by Crippen LogP contribution is -2.41. The second-order valence-electron chi connectivity index (χ2n) is 4.86. The number of sulfonamides is 1. The lowest BCUT2D eigenvalue weighted by atomic mass is 10.1. The van der Waals surface area contributed by atoms with E-state index in [1.165, 1.54) is 10.7 Å². The zero-order valence-electron chi connectivity index (χ0n) is 10.7. The van der Waals surface area contributed by atoms with Crippen LogP contribution in [-0.2, 0) is 10.0 Å². The minimum atomic E-state index is -3.00. The van der Waals surface area contributed by atoms with E-state index >= 15 is 0 Å². The molecule has 18 heavy (non-hydrogen) atoms. The summed E-state index contributed by atoms with van der Waals surface area (Å²) in [5, 5.41) is 0. The van der Waals surface area contributed by atoms with Crippen molar-refractivity contribution < 1.29 is 8.42 Å². The van der Waals surface area contributed by atoms with Crippen molar-refractivity contribution >= 4 is 16.0 Å². The Morgan fingerprint density at radius 3 is 2.44 bits per heavy atom. The molecule has 0 aromatic heterocycles. The van der Waals surface area contributed by atoms with Gasteiger partial charge < -0.3 is 10.6 Å². The Morgan fingerprint density at radius 1 is 1.11 bits per heavy atom. The highest BCUT2D eigenvalue weighted by Gasteiger charge is 2.27. The highest BCUT2D eigenvalue weighted by molar-refractivity contribution is 7.89. The van der Waals surface area contributed by atoms with Crippen LogP contribution in [0.15, 0.2) is 4.99 Å². The Hall–Kier alpha value is -0.820. The highest BCUT2D eigenvalue weighted by atomic mass is 32.2. The molecule has 2 saturated heterocycles. The molecular weight excluding hydrogens is 252 g/mol. The van der Waals surface area contributed by atoms with E-state index in [-0.39, 0.29) is 5.75 Å². The molecule has 2 heterocycles. The quantitative estimate of drug-likeness (QED) is 0.572. The number of nitrogens with two attached hydrogens (primary N) is 1. The first kappa shape index (κ1) is 13.6. The number of rotatable bonds is 3. The molecule has 0 saturated carbocycles. The molecule has 0 bridgehead atoms. The molecular formula is C11H22N4O2S. The maximum absolute atomic E-state index is 11.6. The van der Waals surface area contributed by atoms with Crippen LogP contribution in [0.2, 0.25) is 0 Å². The second kappa shape index (κ2) is 5.88. The normalized spacial score (nSPS) is 25.6. The molecule has 6 nitrogen and oxygen atoms in total. The fourth-order valence-corrected chi connectivity index (χ4v) is 3.96. The minimum Gasteiger partial charge on any atom is -0.370 e. The smallest absolute Gasteiger partial charge is 0.214 e. The summed E-state index contributed by atoms with van der Waals surface area (Å²) in [6.07, 6.45) is 4.32. The molecule has 2 fully saturated rings. The minimum absolute atomic E-state index is 0.276. The number of piperidine rings is 1. The third kappa shape index (κ3) is 3.35. The molecule has 0 unspecified atom stereocenters. The average molecular weight is 274 g/mol. The number of nitrogens with zero attached hydrogens (tertiary/aromatic N) is 3. The lowest BCUT2D eigenvalue weighted by Gasteiger charge is -2.27.